The number of rotatable bonds is 14. The van der Waals surface area contributed by atoms with Crippen LogP contribution >= 0.6 is 12.4 Å². The van der Waals surface area contributed by atoms with Crippen LogP contribution in [0, 0.1) is 0 Å². The maximum Gasteiger partial charge on any atom is 0.203 e. The summed E-state index contributed by atoms with van der Waals surface area (Å²) in [4.78, 5) is 12.9. The van der Waals surface area contributed by atoms with E-state index >= 15 is 0 Å². The summed E-state index contributed by atoms with van der Waals surface area (Å²) in [6.45, 7) is 0.653. The number of aryl methyl sites for hydroxylation is 1. The summed E-state index contributed by atoms with van der Waals surface area (Å²) in [5.74, 6) is 2.42. The van der Waals surface area contributed by atoms with Gasteiger partial charge >= 0.3 is 0 Å². The molecule has 37 heavy (non-hydrogen) atoms. The molecule has 0 radical (unpaired) electrons. The van der Waals surface area contributed by atoms with Crippen molar-refractivity contribution < 1.29 is 33.6 Å². The van der Waals surface area contributed by atoms with Gasteiger partial charge in [-0.05, 0) is 49.1 Å². The van der Waals surface area contributed by atoms with E-state index < -0.39 is 6.10 Å². The average Bonchev–Trinajstić information content (AvgIpc) is 2.93. The third kappa shape index (κ3) is 8.69. The molecule has 1 saturated carbocycles. The van der Waals surface area contributed by atoms with Crippen molar-refractivity contribution in [2.45, 2.75) is 57.1 Å². The standard InChI is InChI=1S/C28H39NO7.ClH/c1-32-24-13-11-19(14-25(24)36-18-22(30)17-29-21-8-6-5-7-9-21)10-12-23(31)20-15-26(33-2)28(35-4)27(16-20)34-3;/h11,13-16,21-22,29-30H,5-10,12,17-18H2,1-4H3;1H. The molecule has 0 saturated heterocycles. The molecule has 2 N–H and O–H groups in total. The Morgan fingerprint density at radius 3 is 2.16 bits per heavy atom. The summed E-state index contributed by atoms with van der Waals surface area (Å²) >= 11 is 0. The maximum atomic E-state index is 12.9. The van der Waals surface area contributed by atoms with E-state index in [-0.39, 0.29) is 24.8 Å². The van der Waals surface area contributed by atoms with Gasteiger partial charge in [0.25, 0.3) is 0 Å². The summed E-state index contributed by atoms with van der Waals surface area (Å²) < 4.78 is 27.4. The van der Waals surface area contributed by atoms with E-state index in [0.717, 1.165) is 18.4 Å². The first-order chi connectivity index (χ1) is 17.5. The molecule has 1 atom stereocenters. The van der Waals surface area contributed by atoms with Crippen LogP contribution in [-0.2, 0) is 6.42 Å². The predicted molar refractivity (Wildman–Crippen MR) is 145 cm³/mol. The fourth-order valence-corrected chi connectivity index (χ4v) is 4.49. The molecule has 0 heterocycles. The minimum Gasteiger partial charge on any atom is -0.493 e. The van der Waals surface area contributed by atoms with Crippen LogP contribution in [0.2, 0.25) is 0 Å². The molecule has 1 unspecified atom stereocenters. The molecule has 2 aromatic rings. The molecule has 0 amide bonds. The van der Waals surface area contributed by atoms with Crippen LogP contribution < -0.4 is 29.0 Å². The number of nitrogens with one attached hydrogen (secondary N) is 1. The van der Waals surface area contributed by atoms with Gasteiger partial charge < -0.3 is 34.1 Å². The monoisotopic (exact) mass is 537 g/mol. The highest BCUT2D eigenvalue weighted by atomic mass is 35.5. The molecule has 1 fully saturated rings. The second kappa shape index (κ2) is 15.5. The number of hydrogen-bond acceptors (Lipinski definition) is 8. The number of ether oxygens (including phenoxy) is 5. The maximum absolute atomic E-state index is 12.9. The number of carbonyl (C=O) groups excluding carboxylic acids is 1. The van der Waals surface area contributed by atoms with Gasteiger partial charge in [-0.3, -0.25) is 4.79 Å². The van der Waals surface area contributed by atoms with Crippen LogP contribution in [0.5, 0.6) is 28.7 Å². The van der Waals surface area contributed by atoms with Crippen LogP contribution in [0.3, 0.4) is 0 Å². The molecule has 206 valence electrons. The van der Waals surface area contributed by atoms with Crippen LogP contribution in [-0.4, -0.2) is 64.6 Å². The van der Waals surface area contributed by atoms with Gasteiger partial charge in [-0.25, -0.2) is 0 Å². The smallest absolute Gasteiger partial charge is 0.203 e. The molecule has 3 rings (SSSR count). The molecule has 9 heteroatoms. The van der Waals surface area contributed by atoms with Crippen molar-refractivity contribution in [3.05, 3.63) is 41.5 Å². The molecule has 1 aliphatic rings. The second-order valence-electron chi connectivity index (χ2n) is 9.03. The Labute approximate surface area is 226 Å². The van der Waals surface area contributed by atoms with Gasteiger partial charge in [0.15, 0.2) is 28.8 Å². The lowest BCUT2D eigenvalue weighted by molar-refractivity contribution is 0.0981. The Morgan fingerprint density at radius 2 is 1.57 bits per heavy atom. The zero-order valence-electron chi connectivity index (χ0n) is 22.2. The Balaban J connectivity index is 0.00000481. The number of Topliss-reactive ketones (excluding diaryl/α,β-unsaturated/α-hetero) is 1. The summed E-state index contributed by atoms with van der Waals surface area (Å²) in [5, 5.41) is 13.8. The van der Waals surface area contributed by atoms with E-state index in [9.17, 15) is 9.90 Å². The van der Waals surface area contributed by atoms with E-state index in [4.69, 9.17) is 23.7 Å². The van der Waals surface area contributed by atoms with Crippen molar-refractivity contribution in [1.82, 2.24) is 5.32 Å². The van der Waals surface area contributed by atoms with Gasteiger partial charge in [0.2, 0.25) is 5.75 Å². The highest BCUT2D eigenvalue weighted by molar-refractivity contribution is 5.97. The lowest BCUT2D eigenvalue weighted by atomic mass is 9.95. The quantitative estimate of drug-likeness (QED) is 0.337. The van der Waals surface area contributed by atoms with Crippen LogP contribution in [0.4, 0.5) is 0 Å². The number of halogens is 1. The van der Waals surface area contributed by atoms with Gasteiger partial charge in [-0.15, -0.1) is 12.4 Å². The topological polar surface area (TPSA) is 95.5 Å². The van der Waals surface area contributed by atoms with Gasteiger partial charge in [0.05, 0.1) is 28.4 Å². The number of methoxy groups -OCH3 is 4. The third-order valence-corrected chi connectivity index (χ3v) is 6.53. The summed E-state index contributed by atoms with van der Waals surface area (Å²) in [7, 11) is 6.15. The molecule has 8 nitrogen and oxygen atoms in total. The zero-order valence-corrected chi connectivity index (χ0v) is 23.0. The van der Waals surface area contributed by atoms with E-state index in [0.29, 0.717) is 59.7 Å². The third-order valence-electron chi connectivity index (χ3n) is 6.53. The van der Waals surface area contributed by atoms with Crippen molar-refractivity contribution in [2.75, 3.05) is 41.6 Å². The Bertz CT molecular complexity index is 969. The molecular weight excluding hydrogens is 498 g/mol. The van der Waals surface area contributed by atoms with Crippen molar-refractivity contribution in [3.8, 4) is 28.7 Å². The summed E-state index contributed by atoms with van der Waals surface area (Å²) in [6.07, 6.45) is 6.30. The fraction of sp³-hybridized carbons (Fsp3) is 0.536. The first-order valence-electron chi connectivity index (χ1n) is 12.5. The van der Waals surface area contributed by atoms with Gasteiger partial charge in [0.1, 0.15) is 12.7 Å². The fourth-order valence-electron chi connectivity index (χ4n) is 4.49. The number of hydrogen-bond donors (Lipinski definition) is 2. The van der Waals surface area contributed by atoms with Gasteiger partial charge in [0, 0.05) is 24.6 Å². The van der Waals surface area contributed by atoms with Crippen molar-refractivity contribution in [1.29, 1.82) is 0 Å². The number of ketones is 1. The van der Waals surface area contributed by atoms with Crippen molar-refractivity contribution >= 4 is 18.2 Å². The lowest BCUT2D eigenvalue weighted by Gasteiger charge is -2.24. The number of carbonyl (C=O) groups is 1. The van der Waals surface area contributed by atoms with Crippen LogP contribution in [0.25, 0.3) is 0 Å². The van der Waals surface area contributed by atoms with E-state index in [1.807, 2.05) is 18.2 Å². The van der Waals surface area contributed by atoms with Crippen LogP contribution in [0.15, 0.2) is 30.3 Å². The number of aliphatic hydroxyl groups excluding tert-OH is 1. The molecule has 0 aromatic heterocycles. The van der Waals surface area contributed by atoms with E-state index in [2.05, 4.69) is 5.32 Å². The van der Waals surface area contributed by atoms with E-state index in [1.165, 1.54) is 40.6 Å². The second-order valence-corrected chi connectivity index (χ2v) is 9.03. The summed E-state index contributed by atoms with van der Waals surface area (Å²) in [5.41, 5.74) is 1.42. The molecular formula is C28H40ClNO7. The molecule has 0 bridgehead atoms. The minimum absolute atomic E-state index is 0. The average molecular weight is 538 g/mol. The minimum atomic E-state index is -0.623. The number of benzene rings is 2. The zero-order chi connectivity index (χ0) is 25.9. The Hall–Kier alpha value is -2.68. The summed E-state index contributed by atoms with van der Waals surface area (Å²) in [6, 6.07) is 9.40. The lowest BCUT2D eigenvalue weighted by Crippen LogP contribution is -2.39. The predicted octanol–water partition coefficient (Wildman–Crippen LogP) is 4.62. The highest BCUT2D eigenvalue weighted by Crippen LogP contribution is 2.38. The molecule has 0 spiro atoms. The van der Waals surface area contributed by atoms with Gasteiger partial charge in [-0.2, -0.15) is 0 Å². The largest absolute Gasteiger partial charge is 0.493 e. The molecule has 2 aromatic carbocycles. The van der Waals surface area contributed by atoms with Crippen LogP contribution in [0.1, 0.15) is 54.4 Å². The Morgan fingerprint density at radius 1 is 0.919 bits per heavy atom. The van der Waals surface area contributed by atoms with E-state index in [1.54, 1.807) is 19.2 Å². The number of aliphatic hydroxyl groups is 1. The SMILES string of the molecule is COc1ccc(CCC(=O)c2cc(OC)c(OC)c(OC)c2)cc1OCC(O)CNC1CCCCC1.Cl. The van der Waals surface area contributed by atoms with Gasteiger partial charge in [-0.1, -0.05) is 25.3 Å². The normalized spacial score (nSPS) is 14.3. The first-order valence-corrected chi connectivity index (χ1v) is 12.5. The first kappa shape index (κ1) is 30.5. The highest BCUT2D eigenvalue weighted by Gasteiger charge is 2.18. The Kier molecular flexibility index (Phi) is 12.8. The molecule has 0 aliphatic heterocycles. The van der Waals surface area contributed by atoms with Crippen molar-refractivity contribution in [2.24, 2.45) is 0 Å². The van der Waals surface area contributed by atoms with Crippen molar-refractivity contribution in [3.63, 3.8) is 0 Å². The molecule has 1 aliphatic carbocycles.